The summed E-state index contributed by atoms with van der Waals surface area (Å²) in [7, 11) is 0. The van der Waals surface area contributed by atoms with Crippen LogP contribution in [0.2, 0.25) is 0 Å². The number of nitrogens with one attached hydrogen (secondary N) is 2. The topological polar surface area (TPSA) is 50.4 Å². The van der Waals surface area contributed by atoms with E-state index in [2.05, 4.69) is 10.6 Å². The molecule has 2 fully saturated rings. The second-order valence-corrected chi connectivity index (χ2v) is 6.81. The van der Waals surface area contributed by atoms with E-state index < -0.39 is 0 Å². The fraction of sp³-hybridized carbons (Fsp3) is 0.632. The Kier molecular flexibility index (Phi) is 7.86. The van der Waals surface area contributed by atoms with Crippen LogP contribution < -0.4 is 15.4 Å². The van der Waals surface area contributed by atoms with Gasteiger partial charge in [-0.15, -0.1) is 12.4 Å². The van der Waals surface area contributed by atoms with Crippen molar-refractivity contribution in [2.24, 2.45) is 5.92 Å². The van der Waals surface area contributed by atoms with Crippen LogP contribution in [-0.4, -0.2) is 25.1 Å². The van der Waals surface area contributed by atoms with Crippen molar-refractivity contribution in [2.45, 2.75) is 57.6 Å². The van der Waals surface area contributed by atoms with Crippen LogP contribution in [0.15, 0.2) is 24.3 Å². The molecule has 0 radical (unpaired) electrons. The van der Waals surface area contributed by atoms with E-state index in [0.29, 0.717) is 25.0 Å². The molecule has 1 aromatic carbocycles. The van der Waals surface area contributed by atoms with Crippen molar-refractivity contribution < 1.29 is 9.53 Å². The van der Waals surface area contributed by atoms with Crippen molar-refractivity contribution in [3.05, 3.63) is 29.8 Å². The lowest BCUT2D eigenvalue weighted by atomic mass is 10.0. The molecule has 1 aromatic rings. The number of ether oxygens (including phenoxy) is 1. The van der Waals surface area contributed by atoms with Gasteiger partial charge in [-0.1, -0.05) is 18.2 Å². The number of halogens is 1. The molecule has 1 aliphatic heterocycles. The number of hydrogen-bond donors (Lipinski definition) is 2. The average Bonchev–Trinajstić information content (AvgIpc) is 3.25. The van der Waals surface area contributed by atoms with Gasteiger partial charge < -0.3 is 15.4 Å². The first-order chi connectivity index (χ1) is 11.3. The first-order valence-electron chi connectivity index (χ1n) is 9.03. The summed E-state index contributed by atoms with van der Waals surface area (Å²) in [5, 5.41) is 6.40. The Morgan fingerprint density at radius 1 is 1.21 bits per heavy atom. The van der Waals surface area contributed by atoms with E-state index in [4.69, 9.17) is 4.74 Å². The van der Waals surface area contributed by atoms with Gasteiger partial charge in [0.05, 0.1) is 6.10 Å². The number of benzene rings is 1. The monoisotopic (exact) mass is 352 g/mol. The molecule has 1 saturated heterocycles. The second-order valence-electron chi connectivity index (χ2n) is 6.81. The molecular formula is C19H29ClN2O2. The maximum Gasteiger partial charge on any atom is 0.220 e. The Balaban J connectivity index is 0.00000208. The molecule has 2 aliphatic rings. The van der Waals surface area contributed by atoms with Crippen LogP contribution in [0.4, 0.5) is 0 Å². The SMILES string of the molecule is Cl.O=C(CCC1CCNC1)NCc1ccccc1OC1CCCC1. The normalized spacial score (nSPS) is 20.6. The number of hydrogen-bond acceptors (Lipinski definition) is 3. The molecule has 1 amide bonds. The van der Waals surface area contributed by atoms with Crippen LogP contribution >= 0.6 is 12.4 Å². The van der Waals surface area contributed by atoms with Crippen molar-refractivity contribution >= 4 is 18.3 Å². The zero-order valence-electron chi connectivity index (χ0n) is 14.3. The standard InChI is InChI=1S/C19H28N2O2.ClH/c22-19(10-9-15-11-12-20-13-15)21-14-16-5-1-4-8-18(16)23-17-6-2-3-7-17;/h1,4-5,8,15,17,20H,2-3,6-7,9-14H2,(H,21,22);1H. The minimum absolute atomic E-state index is 0. The van der Waals surface area contributed by atoms with Crippen LogP contribution in [0.3, 0.4) is 0 Å². The summed E-state index contributed by atoms with van der Waals surface area (Å²) in [6, 6.07) is 8.07. The third-order valence-corrected chi connectivity index (χ3v) is 4.99. The van der Waals surface area contributed by atoms with E-state index in [1.807, 2.05) is 24.3 Å². The van der Waals surface area contributed by atoms with Crippen molar-refractivity contribution in [3.63, 3.8) is 0 Å². The number of carbonyl (C=O) groups is 1. The van der Waals surface area contributed by atoms with Crippen molar-refractivity contribution in [1.82, 2.24) is 10.6 Å². The van der Waals surface area contributed by atoms with Crippen LogP contribution in [0.5, 0.6) is 5.75 Å². The van der Waals surface area contributed by atoms with Crippen molar-refractivity contribution in [2.75, 3.05) is 13.1 Å². The Morgan fingerprint density at radius 2 is 2.00 bits per heavy atom. The Labute approximate surface area is 151 Å². The molecule has 1 aliphatic carbocycles. The summed E-state index contributed by atoms with van der Waals surface area (Å²) < 4.78 is 6.12. The third kappa shape index (κ3) is 5.67. The molecule has 5 heteroatoms. The van der Waals surface area contributed by atoms with Gasteiger partial charge in [0.1, 0.15) is 5.75 Å². The number of rotatable bonds is 7. The maximum atomic E-state index is 12.1. The van der Waals surface area contributed by atoms with E-state index >= 15 is 0 Å². The summed E-state index contributed by atoms with van der Waals surface area (Å²) >= 11 is 0. The fourth-order valence-electron chi connectivity index (χ4n) is 3.53. The fourth-order valence-corrected chi connectivity index (χ4v) is 3.53. The number of carbonyl (C=O) groups excluding carboxylic acids is 1. The molecule has 1 heterocycles. The molecule has 0 spiro atoms. The maximum absolute atomic E-state index is 12.1. The van der Waals surface area contributed by atoms with Gasteiger partial charge in [-0.25, -0.2) is 0 Å². The Morgan fingerprint density at radius 3 is 2.75 bits per heavy atom. The van der Waals surface area contributed by atoms with Crippen LogP contribution in [-0.2, 0) is 11.3 Å². The van der Waals surface area contributed by atoms with Gasteiger partial charge in [0.15, 0.2) is 0 Å². The van der Waals surface area contributed by atoms with Crippen molar-refractivity contribution in [3.8, 4) is 5.75 Å². The van der Waals surface area contributed by atoms with E-state index in [1.165, 1.54) is 19.3 Å². The highest BCUT2D eigenvalue weighted by Gasteiger charge is 2.18. The Hall–Kier alpha value is -1.26. The van der Waals surface area contributed by atoms with Gasteiger partial charge in [0.25, 0.3) is 0 Å². The molecule has 1 atom stereocenters. The molecule has 24 heavy (non-hydrogen) atoms. The van der Waals surface area contributed by atoms with Crippen LogP contribution in [0, 0.1) is 5.92 Å². The minimum Gasteiger partial charge on any atom is -0.490 e. The first-order valence-corrected chi connectivity index (χ1v) is 9.03. The summed E-state index contributed by atoms with van der Waals surface area (Å²) in [5.41, 5.74) is 1.08. The second kappa shape index (κ2) is 9.90. The smallest absolute Gasteiger partial charge is 0.220 e. The first kappa shape index (κ1) is 19.1. The minimum atomic E-state index is 0. The highest BCUT2D eigenvalue weighted by molar-refractivity contribution is 5.85. The lowest BCUT2D eigenvalue weighted by Crippen LogP contribution is -2.24. The van der Waals surface area contributed by atoms with E-state index in [0.717, 1.165) is 43.7 Å². The lowest BCUT2D eigenvalue weighted by Gasteiger charge is -2.17. The zero-order chi connectivity index (χ0) is 15.9. The van der Waals surface area contributed by atoms with Gasteiger partial charge >= 0.3 is 0 Å². The summed E-state index contributed by atoms with van der Waals surface area (Å²) in [6.45, 7) is 2.72. The predicted octanol–water partition coefficient (Wildman–Crippen LogP) is 3.44. The third-order valence-electron chi connectivity index (χ3n) is 4.99. The molecule has 1 saturated carbocycles. The summed E-state index contributed by atoms with van der Waals surface area (Å²) in [5.74, 6) is 1.74. The number of amides is 1. The highest BCUT2D eigenvalue weighted by Crippen LogP contribution is 2.26. The Bertz CT molecular complexity index is 512. The van der Waals surface area contributed by atoms with Gasteiger partial charge in [0, 0.05) is 18.5 Å². The van der Waals surface area contributed by atoms with Gasteiger partial charge in [-0.05, 0) is 63.6 Å². The van der Waals surface area contributed by atoms with Gasteiger partial charge in [-0.2, -0.15) is 0 Å². The number of para-hydroxylation sites is 1. The summed E-state index contributed by atoms with van der Waals surface area (Å²) in [4.78, 5) is 12.1. The molecule has 0 bridgehead atoms. The van der Waals surface area contributed by atoms with Gasteiger partial charge in [0.2, 0.25) is 5.91 Å². The van der Waals surface area contributed by atoms with E-state index in [9.17, 15) is 4.79 Å². The highest BCUT2D eigenvalue weighted by atomic mass is 35.5. The molecule has 2 N–H and O–H groups in total. The molecule has 134 valence electrons. The quantitative estimate of drug-likeness (QED) is 0.790. The molecule has 3 rings (SSSR count). The largest absolute Gasteiger partial charge is 0.490 e. The predicted molar refractivity (Wildman–Crippen MR) is 98.6 cm³/mol. The average molecular weight is 353 g/mol. The molecule has 4 nitrogen and oxygen atoms in total. The van der Waals surface area contributed by atoms with Crippen molar-refractivity contribution in [1.29, 1.82) is 0 Å². The van der Waals surface area contributed by atoms with E-state index in [-0.39, 0.29) is 18.3 Å². The van der Waals surface area contributed by atoms with Crippen LogP contribution in [0.25, 0.3) is 0 Å². The lowest BCUT2D eigenvalue weighted by molar-refractivity contribution is -0.121. The van der Waals surface area contributed by atoms with E-state index in [1.54, 1.807) is 0 Å². The molecule has 0 aromatic heterocycles. The zero-order valence-corrected chi connectivity index (χ0v) is 15.1. The molecule has 1 unspecified atom stereocenters. The van der Waals surface area contributed by atoms with Gasteiger partial charge in [-0.3, -0.25) is 4.79 Å². The van der Waals surface area contributed by atoms with Crippen LogP contribution in [0.1, 0.15) is 50.5 Å². The molecular weight excluding hydrogens is 324 g/mol. The summed E-state index contributed by atoms with van der Waals surface area (Å²) in [6.07, 6.45) is 7.98.